The molecule has 1 atom stereocenters. The number of oxime groups is 1. The lowest BCUT2D eigenvalue weighted by atomic mass is 10.0. The Kier molecular flexibility index (Phi) is 4.10. The summed E-state index contributed by atoms with van der Waals surface area (Å²) >= 11 is 0. The van der Waals surface area contributed by atoms with Crippen LogP contribution >= 0.6 is 0 Å². The zero-order valence-corrected chi connectivity index (χ0v) is 9.14. The highest BCUT2D eigenvalue weighted by molar-refractivity contribution is 6.03. The molecule has 0 bridgehead atoms. The molecule has 1 rings (SSSR count). The van der Waals surface area contributed by atoms with Crippen molar-refractivity contribution in [2.45, 2.75) is 13.3 Å². The van der Waals surface area contributed by atoms with Crippen molar-refractivity contribution in [2.75, 3.05) is 19.6 Å². The van der Waals surface area contributed by atoms with E-state index in [0.717, 1.165) is 0 Å². The number of carbonyl (C=O) groups excluding carboxylic acids is 2. The van der Waals surface area contributed by atoms with E-state index in [4.69, 9.17) is 10.9 Å². The number of carbonyl (C=O) groups is 2. The van der Waals surface area contributed by atoms with Gasteiger partial charge < -0.3 is 21.2 Å². The van der Waals surface area contributed by atoms with Crippen LogP contribution in [0.5, 0.6) is 0 Å². The molecule has 7 heteroatoms. The lowest BCUT2D eigenvalue weighted by molar-refractivity contribution is -0.139. The summed E-state index contributed by atoms with van der Waals surface area (Å²) in [6, 6.07) is 0. The van der Waals surface area contributed by atoms with Crippen LogP contribution in [0.4, 0.5) is 0 Å². The van der Waals surface area contributed by atoms with Gasteiger partial charge in [-0.2, -0.15) is 0 Å². The second-order valence-corrected chi connectivity index (χ2v) is 3.60. The molecule has 0 aromatic rings. The van der Waals surface area contributed by atoms with Gasteiger partial charge in [-0.15, -0.1) is 0 Å². The van der Waals surface area contributed by atoms with E-state index < -0.39 is 5.92 Å². The summed E-state index contributed by atoms with van der Waals surface area (Å²) in [4.78, 5) is 24.5. The molecule has 1 saturated heterocycles. The van der Waals surface area contributed by atoms with Crippen LogP contribution in [0.15, 0.2) is 5.16 Å². The van der Waals surface area contributed by atoms with E-state index in [1.165, 1.54) is 4.90 Å². The summed E-state index contributed by atoms with van der Waals surface area (Å²) in [7, 11) is 0. The maximum Gasteiger partial charge on any atom is 0.239 e. The van der Waals surface area contributed by atoms with E-state index in [1.54, 1.807) is 6.92 Å². The normalized spacial score (nSPS) is 19.2. The SMILES string of the molecule is CCC(C(=O)N1CCNC(=O)C1)C(N)=NO. The molecule has 1 fully saturated rings. The number of nitrogens with zero attached hydrogens (tertiary/aromatic N) is 2. The average molecular weight is 228 g/mol. The van der Waals surface area contributed by atoms with Crippen molar-refractivity contribution < 1.29 is 14.8 Å². The third-order valence-electron chi connectivity index (χ3n) is 2.53. The first-order valence-corrected chi connectivity index (χ1v) is 5.13. The van der Waals surface area contributed by atoms with Crippen LogP contribution in [0.3, 0.4) is 0 Å². The van der Waals surface area contributed by atoms with E-state index in [9.17, 15) is 9.59 Å². The maximum atomic E-state index is 11.9. The van der Waals surface area contributed by atoms with Gasteiger partial charge in [-0.05, 0) is 6.42 Å². The van der Waals surface area contributed by atoms with Gasteiger partial charge in [0.25, 0.3) is 0 Å². The molecule has 7 nitrogen and oxygen atoms in total. The van der Waals surface area contributed by atoms with Crippen molar-refractivity contribution in [3.63, 3.8) is 0 Å². The Morgan fingerprint density at radius 3 is 2.94 bits per heavy atom. The molecule has 1 aliphatic rings. The van der Waals surface area contributed by atoms with E-state index in [2.05, 4.69) is 10.5 Å². The highest BCUT2D eigenvalue weighted by atomic mass is 16.4. The number of amidine groups is 1. The first kappa shape index (κ1) is 12.3. The number of nitrogens with one attached hydrogen (secondary N) is 1. The van der Waals surface area contributed by atoms with Gasteiger partial charge in [-0.1, -0.05) is 12.1 Å². The monoisotopic (exact) mass is 228 g/mol. The minimum atomic E-state index is -0.657. The molecule has 0 radical (unpaired) electrons. The summed E-state index contributed by atoms with van der Waals surface area (Å²) in [6.07, 6.45) is 0.437. The number of piperazine rings is 1. The Labute approximate surface area is 93.3 Å². The minimum absolute atomic E-state index is 0.0358. The Bertz CT molecular complexity index is 316. The highest BCUT2D eigenvalue weighted by Gasteiger charge is 2.29. The largest absolute Gasteiger partial charge is 0.409 e. The van der Waals surface area contributed by atoms with Gasteiger partial charge in [0.15, 0.2) is 5.84 Å². The quantitative estimate of drug-likeness (QED) is 0.242. The summed E-state index contributed by atoms with van der Waals surface area (Å²) in [5, 5.41) is 14.0. The van der Waals surface area contributed by atoms with Gasteiger partial charge >= 0.3 is 0 Å². The molecule has 2 amide bonds. The van der Waals surface area contributed by atoms with Crippen LogP contribution in [0, 0.1) is 5.92 Å². The molecule has 1 aliphatic heterocycles. The van der Waals surface area contributed by atoms with E-state index in [-0.39, 0.29) is 24.2 Å². The molecule has 90 valence electrons. The summed E-state index contributed by atoms with van der Waals surface area (Å²) in [5.41, 5.74) is 5.42. The van der Waals surface area contributed by atoms with Crippen molar-refractivity contribution in [3.8, 4) is 0 Å². The molecule has 1 heterocycles. The molecule has 0 aromatic heterocycles. The molecule has 0 spiro atoms. The lowest BCUT2D eigenvalue weighted by Crippen LogP contribution is -2.53. The number of amides is 2. The van der Waals surface area contributed by atoms with E-state index in [1.807, 2.05) is 0 Å². The minimum Gasteiger partial charge on any atom is -0.409 e. The topological polar surface area (TPSA) is 108 Å². The first-order valence-electron chi connectivity index (χ1n) is 5.13. The van der Waals surface area contributed by atoms with Gasteiger partial charge in [0.2, 0.25) is 11.8 Å². The highest BCUT2D eigenvalue weighted by Crippen LogP contribution is 2.09. The zero-order valence-electron chi connectivity index (χ0n) is 9.14. The van der Waals surface area contributed by atoms with E-state index in [0.29, 0.717) is 19.5 Å². The molecule has 1 unspecified atom stereocenters. The van der Waals surface area contributed by atoms with Gasteiger partial charge in [0, 0.05) is 13.1 Å². The van der Waals surface area contributed by atoms with Gasteiger partial charge in [0.05, 0.1) is 12.5 Å². The van der Waals surface area contributed by atoms with Crippen molar-refractivity contribution >= 4 is 17.6 Å². The van der Waals surface area contributed by atoms with Crippen molar-refractivity contribution in [2.24, 2.45) is 16.8 Å². The Balaban J connectivity index is 2.71. The van der Waals surface area contributed by atoms with Crippen LogP contribution in [0.2, 0.25) is 0 Å². The fourth-order valence-electron chi connectivity index (χ4n) is 1.63. The van der Waals surface area contributed by atoms with Crippen molar-refractivity contribution in [1.82, 2.24) is 10.2 Å². The molecule has 0 aromatic carbocycles. The second-order valence-electron chi connectivity index (χ2n) is 3.60. The zero-order chi connectivity index (χ0) is 12.1. The number of hydrogen-bond donors (Lipinski definition) is 3. The summed E-state index contributed by atoms with van der Waals surface area (Å²) in [5.74, 6) is -1.23. The van der Waals surface area contributed by atoms with Crippen molar-refractivity contribution in [1.29, 1.82) is 0 Å². The molecular weight excluding hydrogens is 212 g/mol. The standard InChI is InChI=1S/C9H16N4O3/c1-2-6(8(10)12-16)9(15)13-4-3-11-7(14)5-13/h6,16H,2-5H2,1H3,(H2,10,12)(H,11,14). The van der Waals surface area contributed by atoms with Crippen LogP contribution in [-0.2, 0) is 9.59 Å². The third-order valence-corrected chi connectivity index (χ3v) is 2.53. The fourth-order valence-corrected chi connectivity index (χ4v) is 1.63. The van der Waals surface area contributed by atoms with Gasteiger partial charge in [-0.3, -0.25) is 9.59 Å². The van der Waals surface area contributed by atoms with E-state index >= 15 is 0 Å². The van der Waals surface area contributed by atoms with Crippen LogP contribution in [0.25, 0.3) is 0 Å². The molecule has 4 N–H and O–H groups in total. The summed E-state index contributed by atoms with van der Waals surface area (Å²) < 4.78 is 0. The Morgan fingerprint density at radius 1 is 1.75 bits per heavy atom. The van der Waals surface area contributed by atoms with Crippen molar-refractivity contribution in [3.05, 3.63) is 0 Å². The number of rotatable bonds is 3. The second kappa shape index (κ2) is 5.34. The average Bonchev–Trinajstić information content (AvgIpc) is 2.29. The molecule has 16 heavy (non-hydrogen) atoms. The van der Waals surface area contributed by atoms with Crippen LogP contribution < -0.4 is 11.1 Å². The Morgan fingerprint density at radius 2 is 2.44 bits per heavy atom. The lowest BCUT2D eigenvalue weighted by Gasteiger charge is -2.29. The molecule has 0 aliphatic carbocycles. The fraction of sp³-hybridized carbons (Fsp3) is 0.667. The molecular formula is C9H16N4O3. The summed E-state index contributed by atoms with van der Waals surface area (Å²) in [6.45, 7) is 2.70. The Hall–Kier alpha value is -1.79. The molecule has 0 saturated carbocycles. The van der Waals surface area contributed by atoms with Gasteiger partial charge in [-0.25, -0.2) is 0 Å². The number of hydrogen-bond acceptors (Lipinski definition) is 4. The van der Waals surface area contributed by atoms with Gasteiger partial charge in [0.1, 0.15) is 0 Å². The smallest absolute Gasteiger partial charge is 0.239 e. The van der Waals surface area contributed by atoms with Crippen LogP contribution in [-0.4, -0.2) is 47.4 Å². The number of nitrogens with two attached hydrogens (primary N) is 1. The third kappa shape index (κ3) is 2.62. The predicted molar refractivity (Wildman–Crippen MR) is 56.8 cm³/mol. The first-order chi connectivity index (χ1) is 7.60. The predicted octanol–water partition coefficient (Wildman–Crippen LogP) is -1.28. The van der Waals surface area contributed by atoms with Crippen LogP contribution in [0.1, 0.15) is 13.3 Å². The maximum absolute atomic E-state index is 11.9.